The fraction of sp³-hybridized carbons (Fsp3) is 0.290. The summed E-state index contributed by atoms with van der Waals surface area (Å²) in [4.78, 5) is 55.4. The molecule has 4 atom stereocenters. The Labute approximate surface area is 220 Å². The van der Waals surface area contributed by atoms with Gasteiger partial charge in [0.15, 0.2) is 11.6 Å². The quantitative estimate of drug-likeness (QED) is 0.380. The molecule has 3 aliphatic carbocycles. The van der Waals surface area contributed by atoms with E-state index < -0.39 is 23.7 Å². The van der Waals surface area contributed by atoms with Gasteiger partial charge < -0.3 is 9.84 Å². The first-order valence-electron chi connectivity index (χ1n) is 12.8. The van der Waals surface area contributed by atoms with Crippen molar-refractivity contribution in [1.82, 2.24) is 4.90 Å². The van der Waals surface area contributed by atoms with Gasteiger partial charge in [-0.1, -0.05) is 48.0 Å². The maximum absolute atomic E-state index is 13.8. The summed E-state index contributed by atoms with van der Waals surface area (Å²) in [7, 11) is 1.48. The van der Waals surface area contributed by atoms with Crippen LogP contribution in [0.2, 0.25) is 0 Å². The topological polar surface area (TPSA) is 101 Å². The van der Waals surface area contributed by atoms with Gasteiger partial charge in [0.2, 0.25) is 11.8 Å². The Morgan fingerprint density at radius 2 is 1.76 bits per heavy atom. The molecule has 7 heteroatoms. The molecule has 7 nitrogen and oxygen atoms in total. The summed E-state index contributed by atoms with van der Waals surface area (Å²) >= 11 is 0. The van der Waals surface area contributed by atoms with E-state index in [1.807, 2.05) is 36.4 Å². The molecule has 2 amide bonds. The van der Waals surface area contributed by atoms with Gasteiger partial charge in [-0.2, -0.15) is 0 Å². The van der Waals surface area contributed by atoms with Crippen LogP contribution in [0.25, 0.3) is 0 Å². The standard InChI is InChI=1S/C31H27NO6/c1-16-12-24(34)28-23(29(16)35)14-22-19(26(28)20-9-8-18(33)13-25(20)38-2)10-11-21-27(22)31(37)32(30(21)36)15-17-6-4-3-5-7-17/h3-10,12-13,21-22,26-27,33H,11,14-15H2,1-2H3. The smallest absolute Gasteiger partial charge is 0.234 e. The molecule has 0 radical (unpaired) electrons. The number of carbonyl (C=O) groups excluding carboxylic acids is 4. The van der Waals surface area contributed by atoms with Crippen molar-refractivity contribution in [3.05, 3.63) is 94.1 Å². The maximum Gasteiger partial charge on any atom is 0.234 e. The number of allylic oxidation sites excluding steroid dienone is 6. The minimum Gasteiger partial charge on any atom is -0.508 e. The van der Waals surface area contributed by atoms with Crippen molar-refractivity contribution in [1.29, 1.82) is 0 Å². The minimum atomic E-state index is -0.618. The van der Waals surface area contributed by atoms with Crippen molar-refractivity contribution in [2.24, 2.45) is 17.8 Å². The number of likely N-dealkylation sites (tertiary alicyclic amines) is 1. The van der Waals surface area contributed by atoms with Gasteiger partial charge in [0.1, 0.15) is 11.5 Å². The van der Waals surface area contributed by atoms with Crippen LogP contribution in [0.5, 0.6) is 11.5 Å². The molecule has 0 aromatic heterocycles. The highest BCUT2D eigenvalue weighted by Crippen LogP contribution is 2.56. The van der Waals surface area contributed by atoms with Gasteiger partial charge in [-0.3, -0.25) is 24.1 Å². The molecule has 4 aliphatic rings. The third kappa shape index (κ3) is 3.56. The molecule has 2 aromatic rings. The Morgan fingerprint density at radius 1 is 1.00 bits per heavy atom. The van der Waals surface area contributed by atoms with E-state index in [1.165, 1.54) is 30.2 Å². The normalized spacial score (nSPS) is 26.5. The van der Waals surface area contributed by atoms with Crippen LogP contribution in [0.4, 0.5) is 0 Å². The molecular weight excluding hydrogens is 482 g/mol. The number of nitrogens with zero attached hydrogens (tertiary/aromatic N) is 1. The Bertz CT molecular complexity index is 1500. The van der Waals surface area contributed by atoms with Gasteiger partial charge in [0, 0.05) is 34.3 Å². The third-order valence-electron chi connectivity index (χ3n) is 8.37. The van der Waals surface area contributed by atoms with Crippen LogP contribution in [0.3, 0.4) is 0 Å². The number of methoxy groups -OCH3 is 1. The molecule has 1 heterocycles. The molecule has 192 valence electrons. The fourth-order valence-electron chi connectivity index (χ4n) is 6.66. The number of rotatable bonds is 4. The SMILES string of the molecule is COc1cc(O)ccc1C1C2=CCC3C(=O)N(Cc4ccccc4)C(=O)C3C2CC2=C1C(=O)C=C(C)C2=O. The highest BCUT2D eigenvalue weighted by molar-refractivity contribution is 6.23. The second-order valence-electron chi connectivity index (χ2n) is 10.4. The molecule has 1 fully saturated rings. The zero-order valence-electron chi connectivity index (χ0n) is 21.1. The minimum absolute atomic E-state index is 0.0137. The molecule has 1 aliphatic heterocycles. The van der Waals surface area contributed by atoms with E-state index in [0.29, 0.717) is 34.5 Å². The number of ketones is 2. The maximum atomic E-state index is 13.8. The van der Waals surface area contributed by atoms with Gasteiger partial charge in [-0.25, -0.2) is 0 Å². The third-order valence-corrected chi connectivity index (χ3v) is 8.37. The molecule has 1 N–H and O–H groups in total. The predicted molar refractivity (Wildman–Crippen MR) is 138 cm³/mol. The molecule has 38 heavy (non-hydrogen) atoms. The van der Waals surface area contributed by atoms with Crippen molar-refractivity contribution in [3.63, 3.8) is 0 Å². The van der Waals surface area contributed by atoms with Crippen molar-refractivity contribution in [2.75, 3.05) is 7.11 Å². The number of aromatic hydroxyl groups is 1. The van der Waals surface area contributed by atoms with E-state index in [9.17, 15) is 24.3 Å². The van der Waals surface area contributed by atoms with Crippen LogP contribution in [-0.2, 0) is 25.7 Å². The number of imide groups is 1. The zero-order valence-corrected chi connectivity index (χ0v) is 21.1. The predicted octanol–water partition coefficient (Wildman–Crippen LogP) is 4.03. The van der Waals surface area contributed by atoms with Crippen LogP contribution in [0, 0.1) is 17.8 Å². The summed E-state index contributed by atoms with van der Waals surface area (Å²) in [6.07, 6.45) is 3.96. The van der Waals surface area contributed by atoms with Crippen molar-refractivity contribution in [2.45, 2.75) is 32.2 Å². The van der Waals surface area contributed by atoms with E-state index in [1.54, 1.807) is 13.0 Å². The Hall–Kier alpha value is -4.26. The number of ether oxygens (including phenoxy) is 1. The number of carbonyl (C=O) groups is 4. The molecule has 0 spiro atoms. The number of amides is 2. The summed E-state index contributed by atoms with van der Waals surface area (Å²) in [6.45, 7) is 1.83. The number of phenolic OH excluding ortho intramolecular Hbond substituents is 1. The number of hydrogen-bond acceptors (Lipinski definition) is 6. The van der Waals surface area contributed by atoms with E-state index >= 15 is 0 Å². The Balaban J connectivity index is 1.47. The van der Waals surface area contributed by atoms with Crippen LogP contribution in [0.15, 0.2) is 83.0 Å². The van der Waals surface area contributed by atoms with Crippen molar-refractivity contribution < 1.29 is 29.0 Å². The number of fused-ring (bicyclic) bond motifs is 3. The Kier molecular flexibility index (Phi) is 5.67. The summed E-state index contributed by atoms with van der Waals surface area (Å²) < 4.78 is 5.58. The average molecular weight is 510 g/mol. The van der Waals surface area contributed by atoms with Gasteiger partial charge in [0.05, 0.1) is 25.5 Å². The largest absolute Gasteiger partial charge is 0.508 e. The van der Waals surface area contributed by atoms with Gasteiger partial charge in [-0.15, -0.1) is 0 Å². The molecule has 2 aromatic carbocycles. The van der Waals surface area contributed by atoms with Crippen LogP contribution in [0.1, 0.15) is 36.8 Å². The lowest BCUT2D eigenvalue weighted by Gasteiger charge is -2.42. The summed E-state index contributed by atoms with van der Waals surface area (Å²) in [5.74, 6) is -2.61. The van der Waals surface area contributed by atoms with Crippen molar-refractivity contribution >= 4 is 23.4 Å². The van der Waals surface area contributed by atoms with E-state index in [-0.39, 0.29) is 42.1 Å². The summed E-state index contributed by atoms with van der Waals surface area (Å²) in [5.41, 5.74) is 3.52. The fourth-order valence-corrected chi connectivity index (χ4v) is 6.66. The van der Waals surface area contributed by atoms with Crippen LogP contribution >= 0.6 is 0 Å². The number of phenols is 1. The van der Waals surface area contributed by atoms with E-state index in [2.05, 4.69) is 0 Å². The molecule has 0 bridgehead atoms. The summed E-state index contributed by atoms with van der Waals surface area (Å²) in [5, 5.41) is 10.1. The molecule has 0 saturated carbocycles. The second kappa shape index (κ2) is 8.94. The van der Waals surface area contributed by atoms with Crippen LogP contribution < -0.4 is 4.74 Å². The summed E-state index contributed by atoms with van der Waals surface area (Å²) in [6, 6.07) is 14.1. The molecule has 4 unspecified atom stereocenters. The Morgan fingerprint density at radius 3 is 2.50 bits per heavy atom. The van der Waals surface area contributed by atoms with Crippen LogP contribution in [-0.4, -0.2) is 40.5 Å². The average Bonchev–Trinajstić information content (AvgIpc) is 3.16. The first-order chi connectivity index (χ1) is 18.3. The lowest BCUT2D eigenvalue weighted by molar-refractivity contribution is -0.140. The van der Waals surface area contributed by atoms with Crippen molar-refractivity contribution in [3.8, 4) is 11.5 Å². The first kappa shape index (κ1) is 24.1. The van der Waals surface area contributed by atoms with Gasteiger partial charge in [-0.05, 0) is 43.4 Å². The van der Waals surface area contributed by atoms with E-state index in [0.717, 1.165) is 11.1 Å². The number of Topliss-reactive ketones (excluding diaryl/α,β-unsaturated/α-hetero) is 1. The van der Waals surface area contributed by atoms with Gasteiger partial charge in [0.25, 0.3) is 0 Å². The monoisotopic (exact) mass is 509 g/mol. The highest BCUT2D eigenvalue weighted by atomic mass is 16.5. The number of benzene rings is 2. The second-order valence-corrected chi connectivity index (χ2v) is 10.4. The lowest BCUT2D eigenvalue weighted by Crippen LogP contribution is -2.39. The highest BCUT2D eigenvalue weighted by Gasteiger charge is 2.56. The van der Waals surface area contributed by atoms with E-state index in [4.69, 9.17) is 4.74 Å². The number of hydrogen-bond donors (Lipinski definition) is 1. The molecule has 6 rings (SSSR count). The molecule has 1 saturated heterocycles. The van der Waals surface area contributed by atoms with Gasteiger partial charge >= 0.3 is 0 Å². The first-order valence-corrected chi connectivity index (χ1v) is 12.8. The zero-order chi connectivity index (χ0) is 26.7. The molecular formula is C31H27NO6. The lowest BCUT2D eigenvalue weighted by atomic mass is 9.59.